The summed E-state index contributed by atoms with van der Waals surface area (Å²) < 4.78 is 0.699. The van der Waals surface area contributed by atoms with Crippen LogP contribution in [0.4, 0.5) is 5.82 Å². The number of anilines is 1. The highest BCUT2D eigenvalue weighted by molar-refractivity contribution is 9.10. The average molecular weight is 288 g/mol. The molecule has 1 aromatic rings. The molecule has 0 spiro atoms. The van der Waals surface area contributed by atoms with Crippen LogP contribution in [-0.4, -0.2) is 40.6 Å². The Labute approximate surface area is 102 Å². The van der Waals surface area contributed by atoms with Gasteiger partial charge in [0.15, 0.2) is 0 Å². The number of nitrogens with two attached hydrogens (primary N) is 1. The smallest absolute Gasteiger partial charge is 0.257 e. The predicted molar refractivity (Wildman–Crippen MR) is 65.0 cm³/mol. The van der Waals surface area contributed by atoms with Crippen LogP contribution in [0.3, 0.4) is 0 Å². The third-order valence-corrected chi connectivity index (χ3v) is 2.59. The number of hydrogen-bond acceptors (Lipinski definition) is 4. The van der Waals surface area contributed by atoms with Crippen LogP contribution in [0.2, 0.25) is 0 Å². The third kappa shape index (κ3) is 2.93. The van der Waals surface area contributed by atoms with Gasteiger partial charge in [-0.3, -0.25) is 4.79 Å². The van der Waals surface area contributed by atoms with E-state index >= 15 is 0 Å². The Morgan fingerprint density at radius 3 is 2.94 bits per heavy atom. The van der Waals surface area contributed by atoms with Gasteiger partial charge in [-0.2, -0.15) is 0 Å². The molecule has 0 bridgehead atoms. The first-order valence-corrected chi connectivity index (χ1v) is 5.70. The SMILES string of the molecule is CCN(CCO)C(=O)c1cc(Br)cnc1N. The molecule has 0 aromatic carbocycles. The Hall–Kier alpha value is -1.14. The largest absolute Gasteiger partial charge is 0.395 e. The van der Waals surface area contributed by atoms with E-state index in [1.165, 1.54) is 11.1 Å². The van der Waals surface area contributed by atoms with Crippen molar-refractivity contribution in [2.45, 2.75) is 6.92 Å². The predicted octanol–water partition coefficient (Wildman–Crippen LogP) is 0.881. The Kier molecular flexibility index (Phi) is 4.70. The summed E-state index contributed by atoms with van der Waals surface area (Å²) in [7, 11) is 0. The molecule has 1 amide bonds. The maximum Gasteiger partial charge on any atom is 0.257 e. The summed E-state index contributed by atoms with van der Waals surface area (Å²) in [6.07, 6.45) is 1.54. The number of hydrogen-bond donors (Lipinski definition) is 2. The minimum atomic E-state index is -0.220. The lowest BCUT2D eigenvalue weighted by Crippen LogP contribution is -2.33. The minimum Gasteiger partial charge on any atom is -0.395 e. The highest BCUT2D eigenvalue weighted by Gasteiger charge is 2.17. The summed E-state index contributed by atoms with van der Waals surface area (Å²) in [5.74, 6) is -0.0209. The molecule has 0 atom stereocenters. The van der Waals surface area contributed by atoms with Crippen LogP contribution in [0.15, 0.2) is 16.7 Å². The standard InChI is InChI=1S/C10H14BrN3O2/c1-2-14(3-4-15)10(16)8-5-7(11)6-13-9(8)12/h5-6,15H,2-4H2,1H3,(H2,12,13). The van der Waals surface area contributed by atoms with E-state index in [0.717, 1.165) is 0 Å². The number of likely N-dealkylation sites (N-methyl/N-ethyl adjacent to an activating group) is 1. The molecule has 1 rings (SSSR count). The topological polar surface area (TPSA) is 79.5 Å². The second-order valence-electron chi connectivity index (χ2n) is 3.19. The number of halogens is 1. The lowest BCUT2D eigenvalue weighted by Gasteiger charge is -2.20. The highest BCUT2D eigenvalue weighted by atomic mass is 79.9. The minimum absolute atomic E-state index is 0.0685. The lowest BCUT2D eigenvalue weighted by atomic mass is 10.2. The van der Waals surface area contributed by atoms with Gasteiger partial charge in [-0.15, -0.1) is 0 Å². The third-order valence-electron chi connectivity index (χ3n) is 2.15. The monoisotopic (exact) mass is 287 g/mol. The van der Waals surface area contributed by atoms with E-state index in [1.807, 2.05) is 6.92 Å². The van der Waals surface area contributed by atoms with Crippen LogP contribution in [0, 0.1) is 0 Å². The first-order valence-electron chi connectivity index (χ1n) is 4.91. The quantitative estimate of drug-likeness (QED) is 0.862. The van der Waals surface area contributed by atoms with Gasteiger partial charge in [0.1, 0.15) is 5.82 Å². The van der Waals surface area contributed by atoms with E-state index in [-0.39, 0.29) is 18.3 Å². The maximum absolute atomic E-state index is 12.0. The van der Waals surface area contributed by atoms with Gasteiger partial charge in [0, 0.05) is 23.8 Å². The number of nitrogen functional groups attached to an aromatic ring is 1. The zero-order valence-electron chi connectivity index (χ0n) is 8.98. The van der Waals surface area contributed by atoms with E-state index in [9.17, 15) is 4.79 Å². The van der Waals surface area contributed by atoms with Crippen LogP contribution in [-0.2, 0) is 0 Å². The van der Waals surface area contributed by atoms with Crippen molar-refractivity contribution in [3.8, 4) is 0 Å². The van der Waals surface area contributed by atoms with Crippen LogP contribution in [0.1, 0.15) is 17.3 Å². The summed E-state index contributed by atoms with van der Waals surface area (Å²) in [6.45, 7) is 2.59. The number of carbonyl (C=O) groups is 1. The first kappa shape index (κ1) is 12.9. The zero-order valence-corrected chi connectivity index (χ0v) is 10.6. The van der Waals surface area contributed by atoms with Crippen molar-refractivity contribution >= 4 is 27.7 Å². The Bertz CT molecular complexity index is 384. The molecule has 1 heterocycles. The number of pyridine rings is 1. The molecular weight excluding hydrogens is 274 g/mol. The second-order valence-corrected chi connectivity index (χ2v) is 4.11. The molecule has 0 fully saturated rings. The molecule has 0 unspecified atom stereocenters. The number of aliphatic hydroxyl groups is 1. The van der Waals surface area contributed by atoms with Crippen molar-refractivity contribution in [1.29, 1.82) is 0 Å². The van der Waals surface area contributed by atoms with Crippen molar-refractivity contribution in [1.82, 2.24) is 9.88 Å². The van der Waals surface area contributed by atoms with Gasteiger partial charge in [-0.1, -0.05) is 0 Å². The molecular formula is C10H14BrN3O2. The van der Waals surface area contributed by atoms with Crippen LogP contribution in [0.5, 0.6) is 0 Å². The van der Waals surface area contributed by atoms with E-state index in [1.54, 1.807) is 6.07 Å². The Morgan fingerprint density at radius 1 is 1.69 bits per heavy atom. The fraction of sp³-hybridized carbons (Fsp3) is 0.400. The van der Waals surface area contributed by atoms with Gasteiger partial charge in [0.25, 0.3) is 5.91 Å². The maximum atomic E-state index is 12.0. The molecule has 3 N–H and O–H groups in total. The van der Waals surface area contributed by atoms with Gasteiger partial charge >= 0.3 is 0 Å². The first-order chi connectivity index (χ1) is 7.60. The summed E-state index contributed by atoms with van der Waals surface area (Å²) in [5, 5.41) is 8.84. The van der Waals surface area contributed by atoms with E-state index in [0.29, 0.717) is 23.1 Å². The molecule has 0 aliphatic rings. The molecule has 0 saturated carbocycles. The van der Waals surface area contributed by atoms with E-state index in [2.05, 4.69) is 20.9 Å². The van der Waals surface area contributed by atoms with Crippen LogP contribution >= 0.6 is 15.9 Å². The molecule has 0 saturated heterocycles. The number of rotatable bonds is 4. The molecule has 0 aliphatic heterocycles. The van der Waals surface area contributed by atoms with E-state index in [4.69, 9.17) is 10.8 Å². The zero-order chi connectivity index (χ0) is 12.1. The summed E-state index contributed by atoms with van der Waals surface area (Å²) in [5.41, 5.74) is 5.99. The van der Waals surface area contributed by atoms with Gasteiger partial charge < -0.3 is 15.7 Å². The van der Waals surface area contributed by atoms with Crippen LogP contribution < -0.4 is 5.73 Å². The van der Waals surface area contributed by atoms with Gasteiger partial charge in [-0.25, -0.2) is 4.98 Å². The number of nitrogens with zero attached hydrogens (tertiary/aromatic N) is 2. The van der Waals surface area contributed by atoms with Gasteiger partial charge in [0.2, 0.25) is 0 Å². The average Bonchev–Trinajstić information content (AvgIpc) is 2.28. The summed E-state index contributed by atoms with van der Waals surface area (Å²) in [6, 6.07) is 1.63. The summed E-state index contributed by atoms with van der Waals surface area (Å²) >= 11 is 3.24. The molecule has 0 radical (unpaired) electrons. The van der Waals surface area contributed by atoms with Gasteiger partial charge in [0.05, 0.1) is 12.2 Å². The number of amides is 1. The fourth-order valence-corrected chi connectivity index (χ4v) is 1.65. The molecule has 6 heteroatoms. The molecule has 16 heavy (non-hydrogen) atoms. The lowest BCUT2D eigenvalue weighted by molar-refractivity contribution is 0.0732. The molecule has 0 aliphatic carbocycles. The normalized spacial score (nSPS) is 10.2. The van der Waals surface area contributed by atoms with Crippen molar-refractivity contribution in [3.05, 3.63) is 22.3 Å². The number of aromatic nitrogens is 1. The number of carbonyl (C=O) groups excluding carboxylic acids is 1. The highest BCUT2D eigenvalue weighted by Crippen LogP contribution is 2.17. The molecule has 5 nitrogen and oxygen atoms in total. The van der Waals surface area contributed by atoms with Crippen molar-refractivity contribution in [2.75, 3.05) is 25.4 Å². The van der Waals surface area contributed by atoms with Crippen molar-refractivity contribution in [2.24, 2.45) is 0 Å². The van der Waals surface area contributed by atoms with Crippen molar-refractivity contribution < 1.29 is 9.90 Å². The van der Waals surface area contributed by atoms with Crippen molar-refractivity contribution in [3.63, 3.8) is 0 Å². The van der Waals surface area contributed by atoms with Gasteiger partial charge in [-0.05, 0) is 28.9 Å². The molecule has 88 valence electrons. The fourth-order valence-electron chi connectivity index (χ4n) is 1.32. The Balaban J connectivity index is 2.98. The second kappa shape index (κ2) is 5.81. The van der Waals surface area contributed by atoms with E-state index < -0.39 is 0 Å². The summed E-state index contributed by atoms with van der Waals surface area (Å²) in [4.78, 5) is 17.4. The Morgan fingerprint density at radius 2 is 2.38 bits per heavy atom. The molecule has 1 aromatic heterocycles. The van der Waals surface area contributed by atoms with Crippen LogP contribution in [0.25, 0.3) is 0 Å². The number of aliphatic hydroxyl groups excluding tert-OH is 1.